The zero-order valence-corrected chi connectivity index (χ0v) is 27.0. The van der Waals surface area contributed by atoms with E-state index in [9.17, 15) is 5.11 Å². The third kappa shape index (κ3) is 6.50. The summed E-state index contributed by atoms with van der Waals surface area (Å²) in [5, 5.41) is 17.3. The Morgan fingerprint density at radius 2 is 1.19 bits per heavy atom. The molecule has 0 unspecified atom stereocenters. The molecule has 0 aliphatic rings. The summed E-state index contributed by atoms with van der Waals surface area (Å²) < 4.78 is 12.7. The standard InChI is InChI=1S/C41H41N3O3/c1-2-3-4-5-6-7-8-9-10-17-26-46-41-43-39(32-22-15-16-23-34(32)45)42-40(44-41)33-27-36-38(31-21-14-13-20-30(31)33)37-29-19-12-11-18-28(29)24-25-35(37)47-36/h11-16,18-25,27,45H,2-10,17,26H2,1H3. The molecule has 7 aromatic rings. The van der Waals surface area contributed by atoms with Crippen LogP contribution in [0.25, 0.3) is 66.3 Å². The van der Waals surface area contributed by atoms with E-state index in [0.717, 1.165) is 56.5 Å². The van der Waals surface area contributed by atoms with E-state index in [1.165, 1.54) is 56.8 Å². The molecule has 0 fully saturated rings. The second-order valence-electron chi connectivity index (χ2n) is 12.4. The van der Waals surface area contributed by atoms with E-state index in [1.54, 1.807) is 12.1 Å². The number of benzene rings is 5. The van der Waals surface area contributed by atoms with Gasteiger partial charge in [0.05, 0.1) is 12.2 Å². The molecule has 6 heteroatoms. The molecule has 0 saturated carbocycles. The molecular weight excluding hydrogens is 582 g/mol. The van der Waals surface area contributed by atoms with Gasteiger partial charge in [-0.2, -0.15) is 9.97 Å². The minimum absolute atomic E-state index is 0.106. The number of phenols is 1. The molecule has 47 heavy (non-hydrogen) atoms. The first-order valence-electron chi connectivity index (χ1n) is 17.1. The molecule has 0 atom stereocenters. The molecule has 0 radical (unpaired) electrons. The maximum atomic E-state index is 10.7. The highest BCUT2D eigenvalue weighted by Crippen LogP contribution is 2.42. The van der Waals surface area contributed by atoms with Gasteiger partial charge in [-0.05, 0) is 52.2 Å². The number of nitrogens with zero attached hydrogens (tertiary/aromatic N) is 3. The molecule has 0 aliphatic heterocycles. The molecule has 5 aromatic carbocycles. The van der Waals surface area contributed by atoms with E-state index in [4.69, 9.17) is 19.1 Å². The summed E-state index contributed by atoms with van der Waals surface area (Å²) in [6.07, 6.45) is 12.5. The number of fused-ring (bicyclic) bond motifs is 7. The largest absolute Gasteiger partial charge is 0.507 e. The third-order valence-electron chi connectivity index (χ3n) is 9.10. The van der Waals surface area contributed by atoms with Gasteiger partial charge in [-0.15, -0.1) is 0 Å². The number of rotatable bonds is 14. The summed E-state index contributed by atoms with van der Waals surface area (Å²) in [6.45, 7) is 2.79. The number of hydrogen-bond acceptors (Lipinski definition) is 6. The van der Waals surface area contributed by atoms with Gasteiger partial charge < -0.3 is 14.3 Å². The Kier molecular flexibility index (Phi) is 9.27. The van der Waals surface area contributed by atoms with Crippen LogP contribution in [0.5, 0.6) is 11.8 Å². The number of ether oxygens (including phenoxy) is 1. The lowest BCUT2D eigenvalue weighted by molar-refractivity contribution is 0.281. The predicted octanol–water partition coefficient (Wildman–Crippen LogP) is 11.4. The van der Waals surface area contributed by atoms with Crippen molar-refractivity contribution in [3.8, 4) is 34.5 Å². The van der Waals surface area contributed by atoms with Crippen LogP contribution in [0, 0.1) is 0 Å². The quantitative estimate of drug-likeness (QED) is 0.121. The Morgan fingerprint density at radius 1 is 0.574 bits per heavy atom. The van der Waals surface area contributed by atoms with Crippen molar-refractivity contribution in [3.05, 3.63) is 91.0 Å². The molecule has 0 amide bonds. The van der Waals surface area contributed by atoms with E-state index in [1.807, 2.05) is 30.3 Å². The second-order valence-corrected chi connectivity index (χ2v) is 12.4. The summed E-state index contributed by atoms with van der Waals surface area (Å²) >= 11 is 0. The molecular formula is C41H41N3O3. The molecule has 238 valence electrons. The number of furan rings is 1. The van der Waals surface area contributed by atoms with Gasteiger partial charge in [0.25, 0.3) is 0 Å². The van der Waals surface area contributed by atoms with Crippen molar-refractivity contribution in [2.24, 2.45) is 0 Å². The van der Waals surface area contributed by atoms with Gasteiger partial charge in [-0.1, -0.05) is 131 Å². The first-order valence-corrected chi connectivity index (χ1v) is 17.1. The Hall–Kier alpha value is -4.97. The van der Waals surface area contributed by atoms with E-state index < -0.39 is 0 Å². The summed E-state index contributed by atoms with van der Waals surface area (Å²) in [4.78, 5) is 14.4. The first kappa shape index (κ1) is 30.7. The lowest BCUT2D eigenvalue weighted by Gasteiger charge is -2.12. The van der Waals surface area contributed by atoms with Gasteiger partial charge in [0.15, 0.2) is 11.6 Å². The van der Waals surface area contributed by atoms with Crippen LogP contribution in [0.1, 0.15) is 71.1 Å². The van der Waals surface area contributed by atoms with Crippen molar-refractivity contribution in [2.45, 2.75) is 71.1 Å². The molecule has 0 bridgehead atoms. The molecule has 0 spiro atoms. The zero-order valence-electron chi connectivity index (χ0n) is 27.0. The maximum Gasteiger partial charge on any atom is 0.320 e. The molecule has 7 rings (SSSR count). The van der Waals surface area contributed by atoms with Gasteiger partial charge in [0.1, 0.15) is 16.9 Å². The summed E-state index contributed by atoms with van der Waals surface area (Å²) in [5.41, 5.74) is 2.95. The van der Waals surface area contributed by atoms with Crippen LogP contribution >= 0.6 is 0 Å². The molecule has 6 nitrogen and oxygen atoms in total. The third-order valence-corrected chi connectivity index (χ3v) is 9.10. The van der Waals surface area contributed by atoms with Gasteiger partial charge >= 0.3 is 6.01 Å². The van der Waals surface area contributed by atoms with E-state index in [2.05, 4.69) is 60.4 Å². The molecule has 0 aliphatic carbocycles. The van der Waals surface area contributed by atoms with Gasteiger partial charge in [0.2, 0.25) is 0 Å². The summed E-state index contributed by atoms with van der Waals surface area (Å²) in [6, 6.07) is 30.3. The van der Waals surface area contributed by atoms with Crippen molar-refractivity contribution < 1.29 is 14.3 Å². The van der Waals surface area contributed by atoms with Crippen LogP contribution in [0.15, 0.2) is 95.4 Å². The molecule has 1 N–H and O–H groups in total. The van der Waals surface area contributed by atoms with E-state index in [-0.39, 0.29) is 11.8 Å². The average Bonchev–Trinajstić information content (AvgIpc) is 3.50. The topological polar surface area (TPSA) is 81.3 Å². The minimum Gasteiger partial charge on any atom is -0.507 e. The lowest BCUT2D eigenvalue weighted by atomic mass is 9.96. The van der Waals surface area contributed by atoms with E-state index >= 15 is 0 Å². The fraction of sp³-hybridized carbons (Fsp3) is 0.293. The van der Waals surface area contributed by atoms with Crippen LogP contribution in [0.4, 0.5) is 0 Å². The van der Waals surface area contributed by atoms with Crippen molar-refractivity contribution >= 4 is 43.5 Å². The summed E-state index contributed by atoms with van der Waals surface area (Å²) in [5.74, 6) is 0.945. The second kappa shape index (κ2) is 14.2. The zero-order chi connectivity index (χ0) is 32.0. The van der Waals surface area contributed by atoms with E-state index in [0.29, 0.717) is 23.8 Å². The van der Waals surface area contributed by atoms with Crippen molar-refractivity contribution in [2.75, 3.05) is 6.61 Å². The Bertz CT molecular complexity index is 2150. The van der Waals surface area contributed by atoms with Crippen LogP contribution in [0.2, 0.25) is 0 Å². The normalized spacial score (nSPS) is 11.7. The number of para-hydroxylation sites is 1. The van der Waals surface area contributed by atoms with Crippen LogP contribution < -0.4 is 4.74 Å². The van der Waals surface area contributed by atoms with Crippen LogP contribution in [-0.2, 0) is 0 Å². The maximum absolute atomic E-state index is 10.7. The fourth-order valence-electron chi connectivity index (χ4n) is 6.66. The van der Waals surface area contributed by atoms with Crippen molar-refractivity contribution in [1.82, 2.24) is 15.0 Å². The number of aromatic nitrogens is 3. The highest BCUT2D eigenvalue weighted by atomic mass is 16.5. The monoisotopic (exact) mass is 623 g/mol. The highest BCUT2D eigenvalue weighted by Gasteiger charge is 2.20. The van der Waals surface area contributed by atoms with Crippen molar-refractivity contribution in [1.29, 1.82) is 0 Å². The predicted molar refractivity (Wildman–Crippen MR) is 192 cm³/mol. The lowest BCUT2D eigenvalue weighted by Crippen LogP contribution is -2.05. The minimum atomic E-state index is 0.106. The Labute approximate surface area is 275 Å². The fourth-order valence-corrected chi connectivity index (χ4v) is 6.66. The molecule has 2 heterocycles. The molecule has 2 aromatic heterocycles. The van der Waals surface area contributed by atoms with Crippen LogP contribution in [-0.4, -0.2) is 26.7 Å². The number of unbranched alkanes of at least 4 members (excludes halogenated alkanes) is 9. The van der Waals surface area contributed by atoms with Gasteiger partial charge in [-0.25, -0.2) is 4.98 Å². The number of hydrogen-bond donors (Lipinski definition) is 1. The van der Waals surface area contributed by atoms with Gasteiger partial charge in [-0.3, -0.25) is 0 Å². The number of phenolic OH excluding ortho intramolecular Hbond substituents is 1. The van der Waals surface area contributed by atoms with Crippen LogP contribution in [0.3, 0.4) is 0 Å². The summed E-state index contributed by atoms with van der Waals surface area (Å²) in [7, 11) is 0. The Balaban J connectivity index is 1.22. The smallest absolute Gasteiger partial charge is 0.320 e. The molecule has 0 saturated heterocycles. The highest BCUT2D eigenvalue weighted by molar-refractivity contribution is 6.28. The first-order chi connectivity index (χ1) is 23.2. The van der Waals surface area contributed by atoms with Gasteiger partial charge in [0, 0.05) is 16.3 Å². The average molecular weight is 624 g/mol. The SMILES string of the molecule is CCCCCCCCCCCCOc1nc(-c2ccccc2O)nc(-c2cc3oc4ccc5ccccc5c4c3c3ccccc23)n1. The Morgan fingerprint density at radius 3 is 1.96 bits per heavy atom. The van der Waals surface area contributed by atoms with Crippen molar-refractivity contribution in [3.63, 3.8) is 0 Å². The number of aromatic hydroxyl groups is 1.